The number of hydrogen-bond acceptors (Lipinski definition) is 3. The second kappa shape index (κ2) is 11.7. The van der Waals surface area contributed by atoms with Crippen molar-refractivity contribution in [3.63, 3.8) is 0 Å². The summed E-state index contributed by atoms with van der Waals surface area (Å²) in [7, 11) is 0. The highest BCUT2D eigenvalue weighted by Crippen LogP contribution is 2.38. The number of para-hydroxylation sites is 3. The van der Waals surface area contributed by atoms with Gasteiger partial charge in [0.2, 0.25) is 5.89 Å². The molecule has 0 atom stereocenters. The van der Waals surface area contributed by atoms with Gasteiger partial charge in [-0.15, -0.1) is 0 Å². The SMILES string of the molecule is c1ccc(N(c2ccc(-c3ccc(-c4ccc(-c5nc6ccccc6o5)cc4)cc3)cc2)c2ccc3cc4ccccc4cc3c2)cc1. The molecule has 0 aliphatic rings. The molecule has 0 N–H and O–H groups in total. The molecule has 8 aromatic carbocycles. The second-order valence-electron chi connectivity index (χ2n) is 12.1. The molecular weight excluding hydrogens is 585 g/mol. The Morgan fingerprint density at radius 2 is 0.833 bits per heavy atom. The fraction of sp³-hybridized carbons (Fsp3) is 0. The summed E-state index contributed by atoms with van der Waals surface area (Å²) in [5, 5.41) is 4.98. The average molecular weight is 615 g/mol. The third-order valence-corrected chi connectivity index (χ3v) is 9.06. The Hall–Kier alpha value is -6.45. The van der Waals surface area contributed by atoms with Crippen molar-refractivity contribution in [2.45, 2.75) is 0 Å². The zero-order chi connectivity index (χ0) is 31.9. The lowest BCUT2D eigenvalue weighted by Gasteiger charge is -2.26. The number of rotatable bonds is 6. The van der Waals surface area contributed by atoms with Gasteiger partial charge in [0.1, 0.15) is 5.52 Å². The van der Waals surface area contributed by atoms with Gasteiger partial charge in [0.15, 0.2) is 5.58 Å². The number of hydrogen-bond donors (Lipinski definition) is 0. The van der Waals surface area contributed by atoms with Gasteiger partial charge in [-0.3, -0.25) is 0 Å². The maximum atomic E-state index is 5.95. The van der Waals surface area contributed by atoms with E-state index < -0.39 is 0 Å². The molecule has 0 spiro atoms. The van der Waals surface area contributed by atoms with E-state index in [1.807, 2.05) is 24.3 Å². The number of anilines is 3. The summed E-state index contributed by atoms with van der Waals surface area (Å²) in [4.78, 5) is 6.96. The first kappa shape index (κ1) is 27.8. The van der Waals surface area contributed by atoms with Gasteiger partial charge in [-0.2, -0.15) is 0 Å². The van der Waals surface area contributed by atoms with Gasteiger partial charge in [0.25, 0.3) is 0 Å². The van der Waals surface area contributed by atoms with Crippen molar-refractivity contribution in [3.8, 4) is 33.7 Å². The Bertz CT molecular complexity index is 2500. The van der Waals surface area contributed by atoms with Crippen molar-refractivity contribution in [1.29, 1.82) is 0 Å². The van der Waals surface area contributed by atoms with Crippen molar-refractivity contribution >= 4 is 49.7 Å². The van der Waals surface area contributed by atoms with Gasteiger partial charge in [-0.25, -0.2) is 4.98 Å². The molecule has 0 aliphatic carbocycles. The van der Waals surface area contributed by atoms with E-state index in [0.29, 0.717) is 5.89 Å². The van der Waals surface area contributed by atoms with Crippen LogP contribution in [0.15, 0.2) is 186 Å². The predicted molar refractivity (Wildman–Crippen MR) is 200 cm³/mol. The third kappa shape index (κ3) is 5.18. The Morgan fingerprint density at radius 1 is 0.354 bits per heavy atom. The van der Waals surface area contributed by atoms with Crippen LogP contribution in [0.2, 0.25) is 0 Å². The summed E-state index contributed by atoms with van der Waals surface area (Å²) in [5.74, 6) is 0.640. The number of benzene rings is 8. The van der Waals surface area contributed by atoms with Crippen LogP contribution >= 0.6 is 0 Å². The maximum Gasteiger partial charge on any atom is 0.227 e. The van der Waals surface area contributed by atoms with Crippen molar-refractivity contribution in [3.05, 3.63) is 182 Å². The molecule has 9 aromatic rings. The molecule has 9 rings (SSSR count). The van der Waals surface area contributed by atoms with E-state index in [9.17, 15) is 0 Å². The number of aromatic nitrogens is 1. The normalized spacial score (nSPS) is 11.3. The predicted octanol–water partition coefficient (Wildman–Crippen LogP) is 12.6. The summed E-state index contributed by atoms with van der Waals surface area (Å²) in [6, 6.07) is 64.3. The molecule has 226 valence electrons. The fourth-order valence-corrected chi connectivity index (χ4v) is 6.55. The summed E-state index contributed by atoms with van der Waals surface area (Å²) >= 11 is 0. The average Bonchev–Trinajstić information content (AvgIpc) is 3.60. The monoisotopic (exact) mass is 614 g/mol. The Labute approximate surface area is 279 Å². The molecule has 0 saturated carbocycles. The molecule has 0 radical (unpaired) electrons. The van der Waals surface area contributed by atoms with E-state index in [1.54, 1.807) is 0 Å². The minimum Gasteiger partial charge on any atom is -0.436 e. The lowest BCUT2D eigenvalue weighted by molar-refractivity contribution is 0.620. The lowest BCUT2D eigenvalue weighted by Crippen LogP contribution is -2.09. The fourth-order valence-electron chi connectivity index (χ4n) is 6.55. The van der Waals surface area contributed by atoms with Gasteiger partial charge in [-0.05, 0) is 117 Å². The molecule has 3 heteroatoms. The molecule has 0 bridgehead atoms. The highest BCUT2D eigenvalue weighted by atomic mass is 16.3. The maximum absolute atomic E-state index is 5.95. The third-order valence-electron chi connectivity index (χ3n) is 9.06. The van der Waals surface area contributed by atoms with Crippen LogP contribution in [0.1, 0.15) is 0 Å². The van der Waals surface area contributed by atoms with Gasteiger partial charge in [-0.1, -0.05) is 109 Å². The largest absolute Gasteiger partial charge is 0.436 e. The first-order chi connectivity index (χ1) is 23.7. The molecule has 0 unspecified atom stereocenters. The van der Waals surface area contributed by atoms with Crippen LogP contribution in [0.3, 0.4) is 0 Å². The van der Waals surface area contributed by atoms with Crippen LogP contribution in [-0.4, -0.2) is 4.98 Å². The van der Waals surface area contributed by atoms with Gasteiger partial charge < -0.3 is 9.32 Å². The van der Waals surface area contributed by atoms with E-state index in [-0.39, 0.29) is 0 Å². The van der Waals surface area contributed by atoms with E-state index in [2.05, 4.69) is 168 Å². The topological polar surface area (TPSA) is 29.3 Å². The zero-order valence-corrected chi connectivity index (χ0v) is 26.1. The van der Waals surface area contributed by atoms with Crippen LogP contribution in [0, 0.1) is 0 Å². The van der Waals surface area contributed by atoms with Gasteiger partial charge in [0, 0.05) is 22.6 Å². The first-order valence-electron chi connectivity index (χ1n) is 16.2. The Morgan fingerprint density at radius 3 is 1.48 bits per heavy atom. The van der Waals surface area contributed by atoms with Crippen molar-refractivity contribution in [2.24, 2.45) is 0 Å². The van der Waals surface area contributed by atoms with Gasteiger partial charge >= 0.3 is 0 Å². The molecule has 0 aliphatic heterocycles. The second-order valence-corrected chi connectivity index (χ2v) is 12.1. The summed E-state index contributed by atoms with van der Waals surface area (Å²) < 4.78 is 5.95. The Kier molecular flexibility index (Phi) is 6.80. The van der Waals surface area contributed by atoms with E-state index in [4.69, 9.17) is 4.42 Å². The van der Waals surface area contributed by atoms with Crippen molar-refractivity contribution in [1.82, 2.24) is 4.98 Å². The Balaban J connectivity index is 0.991. The van der Waals surface area contributed by atoms with E-state index >= 15 is 0 Å². The number of fused-ring (bicyclic) bond motifs is 3. The smallest absolute Gasteiger partial charge is 0.227 e. The molecule has 48 heavy (non-hydrogen) atoms. The highest BCUT2D eigenvalue weighted by molar-refractivity contribution is 6.00. The van der Waals surface area contributed by atoms with Crippen LogP contribution in [0.25, 0.3) is 66.4 Å². The van der Waals surface area contributed by atoms with Crippen molar-refractivity contribution in [2.75, 3.05) is 4.90 Å². The molecular formula is C45H30N2O. The molecule has 1 aromatic heterocycles. The number of oxazole rings is 1. The zero-order valence-electron chi connectivity index (χ0n) is 26.1. The molecule has 0 saturated heterocycles. The van der Waals surface area contributed by atoms with Crippen molar-refractivity contribution < 1.29 is 4.42 Å². The van der Waals surface area contributed by atoms with E-state index in [0.717, 1.165) is 39.3 Å². The molecule has 0 amide bonds. The quantitative estimate of drug-likeness (QED) is 0.175. The van der Waals surface area contributed by atoms with Crippen LogP contribution in [0.5, 0.6) is 0 Å². The minimum absolute atomic E-state index is 0.640. The highest BCUT2D eigenvalue weighted by Gasteiger charge is 2.14. The number of nitrogens with zero attached hydrogens (tertiary/aromatic N) is 2. The lowest BCUT2D eigenvalue weighted by atomic mass is 9.99. The van der Waals surface area contributed by atoms with Crippen LogP contribution < -0.4 is 4.90 Å². The summed E-state index contributed by atoms with van der Waals surface area (Å²) in [5.41, 5.74) is 10.7. The summed E-state index contributed by atoms with van der Waals surface area (Å²) in [6.45, 7) is 0. The van der Waals surface area contributed by atoms with Crippen LogP contribution in [-0.2, 0) is 0 Å². The standard InChI is InChI=1S/C45H30N2O/c1-2-10-40(11-3-1)47(42-27-24-38-28-36-8-4-5-9-37(36)29-39(38)30-42)41-25-22-34(23-26-41)32-16-14-31(15-17-32)33-18-20-35(21-19-33)45-46-43-12-6-7-13-44(43)48-45/h1-30H. The van der Waals surface area contributed by atoms with Gasteiger partial charge in [0.05, 0.1) is 0 Å². The molecule has 0 fully saturated rings. The molecule has 1 heterocycles. The van der Waals surface area contributed by atoms with E-state index in [1.165, 1.54) is 38.2 Å². The first-order valence-corrected chi connectivity index (χ1v) is 16.2. The summed E-state index contributed by atoms with van der Waals surface area (Å²) in [6.07, 6.45) is 0. The van der Waals surface area contributed by atoms with Crippen LogP contribution in [0.4, 0.5) is 17.1 Å². The molecule has 3 nitrogen and oxygen atoms in total. The minimum atomic E-state index is 0.640.